The van der Waals surface area contributed by atoms with E-state index in [4.69, 9.17) is 15.6 Å². The van der Waals surface area contributed by atoms with Crippen molar-refractivity contribution in [3.8, 4) is 5.75 Å². The van der Waals surface area contributed by atoms with Crippen LogP contribution in [0.5, 0.6) is 5.75 Å². The Morgan fingerprint density at radius 2 is 2.43 bits per heavy atom. The number of pyridine rings is 1. The Bertz CT molecular complexity index is 310. The zero-order valence-electron chi connectivity index (χ0n) is 7.80. The molecule has 0 fully saturated rings. The molecule has 0 aliphatic rings. The molecule has 5 nitrogen and oxygen atoms in total. The third kappa shape index (κ3) is 3.02. The minimum absolute atomic E-state index is 0.0555. The van der Waals surface area contributed by atoms with Gasteiger partial charge in [-0.2, -0.15) is 0 Å². The van der Waals surface area contributed by atoms with Gasteiger partial charge in [-0.1, -0.05) is 0 Å². The van der Waals surface area contributed by atoms with Crippen molar-refractivity contribution in [3.05, 3.63) is 24.0 Å². The van der Waals surface area contributed by atoms with Crippen molar-refractivity contribution in [3.63, 3.8) is 0 Å². The molecule has 0 aromatic carbocycles. The van der Waals surface area contributed by atoms with Gasteiger partial charge in [-0.3, -0.25) is 9.78 Å². The number of nitrogens with zero attached hydrogens (tertiary/aromatic N) is 1. The highest BCUT2D eigenvalue weighted by Crippen LogP contribution is 2.08. The lowest BCUT2D eigenvalue weighted by molar-refractivity contribution is -0.139. The maximum atomic E-state index is 10.4. The van der Waals surface area contributed by atoms with Gasteiger partial charge < -0.3 is 15.6 Å². The first kappa shape index (κ1) is 10.5. The lowest BCUT2D eigenvalue weighted by Gasteiger charge is -2.08. The van der Waals surface area contributed by atoms with Crippen molar-refractivity contribution in [1.29, 1.82) is 0 Å². The molecule has 1 atom stereocenters. The summed E-state index contributed by atoms with van der Waals surface area (Å²) in [5.41, 5.74) is 6.12. The zero-order chi connectivity index (χ0) is 10.6. The Morgan fingerprint density at radius 1 is 1.71 bits per heavy atom. The van der Waals surface area contributed by atoms with E-state index in [9.17, 15) is 4.79 Å². The van der Waals surface area contributed by atoms with Gasteiger partial charge in [0, 0.05) is 5.69 Å². The van der Waals surface area contributed by atoms with Crippen LogP contribution in [0.1, 0.15) is 5.69 Å². The van der Waals surface area contributed by atoms with Gasteiger partial charge in [-0.15, -0.1) is 0 Å². The van der Waals surface area contributed by atoms with Gasteiger partial charge in [0.05, 0.1) is 6.20 Å². The third-order valence-corrected chi connectivity index (χ3v) is 1.63. The van der Waals surface area contributed by atoms with Crippen LogP contribution in [-0.4, -0.2) is 28.7 Å². The molecule has 0 saturated carbocycles. The molecular weight excluding hydrogens is 184 g/mol. The average molecular weight is 196 g/mol. The quantitative estimate of drug-likeness (QED) is 0.717. The molecule has 0 spiro atoms. The number of hydrogen-bond acceptors (Lipinski definition) is 4. The number of nitrogens with two attached hydrogens (primary N) is 1. The van der Waals surface area contributed by atoms with Crippen molar-refractivity contribution < 1.29 is 14.6 Å². The fraction of sp³-hybridized carbons (Fsp3) is 0.333. The summed E-state index contributed by atoms with van der Waals surface area (Å²) >= 11 is 0. The molecule has 14 heavy (non-hydrogen) atoms. The van der Waals surface area contributed by atoms with Crippen LogP contribution in [0.3, 0.4) is 0 Å². The normalized spacial score (nSPS) is 12.1. The van der Waals surface area contributed by atoms with Crippen LogP contribution in [0.25, 0.3) is 0 Å². The smallest absolute Gasteiger partial charge is 0.324 e. The Morgan fingerprint density at radius 3 is 2.93 bits per heavy atom. The average Bonchev–Trinajstić information content (AvgIpc) is 2.16. The lowest BCUT2D eigenvalue weighted by Crippen LogP contribution is -2.36. The minimum atomic E-state index is -1.08. The summed E-state index contributed by atoms with van der Waals surface area (Å²) in [5, 5.41) is 8.48. The molecule has 76 valence electrons. The van der Waals surface area contributed by atoms with Crippen LogP contribution in [-0.2, 0) is 4.79 Å². The van der Waals surface area contributed by atoms with Crippen molar-refractivity contribution in [2.75, 3.05) is 6.61 Å². The number of carboxylic acid groups (broad SMARTS) is 1. The third-order valence-electron chi connectivity index (χ3n) is 1.63. The SMILES string of the molecule is Cc1ccc(OCC(N)C(=O)O)cn1. The second-order valence-electron chi connectivity index (χ2n) is 2.89. The number of hydrogen-bond donors (Lipinski definition) is 2. The van der Waals surface area contributed by atoms with Gasteiger partial charge in [-0.05, 0) is 19.1 Å². The van der Waals surface area contributed by atoms with Crippen LogP contribution >= 0.6 is 0 Å². The maximum absolute atomic E-state index is 10.4. The predicted molar refractivity (Wildman–Crippen MR) is 50.1 cm³/mol. The first-order valence-electron chi connectivity index (χ1n) is 4.13. The summed E-state index contributed by atoms with van der Waals surface area (Å²) < 4.78 is 5.12. The summed E-state index contributed by atoms with van der Waals surface area (Å²) in [6, 6.07) is 2.50. The topological polar surface area (TPSA) is 85.4 Å². The molecule has 0 aliphatic carbocycles. The first-order valence-corrected chi connectivity index (χ1v) is 4.13. The van der Waals surface area contributed by atoms with Crippen LogP contribution < -0.4 is 10.5 Å². The van der Waals surface area contributed by atoms with Crippen molar-refractivity contribution in [1.82, 2.24) is 4.98 Å². The maximum Gasteiger partial charge on any atom is 0.324 e. The number of aromatic nitrogens is 1. The van der Waals surface area contributed by atoms with E-state index in [-0.39, 0.29) is 6.61 Å². The summed E-state index contributed by atoms with van der Waals surface area (Å²) in [6.45, 7) is 1.80. The highest BCUT2D eigenvalue weighted by atomic mass is 16.5. The number of aliphatic carboxylic acids is 1. The fourth-order valence-electron chi connectivity index (χ4n) is 0.797. The Kier molecular flexibility index (Phi) is 3.41. The van der Waals surface area contributed by atoms with E-state index >= 15 is 0 Å². The molecule has 1 rings (SSSR count). The highest BCUT2D eigenvalue weighted by molar-refractivity contribution is 5.73. The van der Waals surface area contributed by atoms with Gasteiger partial charge in [0.2, 0.25) is 0 Å². The number of ether oxygens (including phenoxy) is 1. The van der Waals surface area contributed by atoms with E-state index in [1.54, 1.807) is 12.1 Å². The van der Waals surface area contributed by atoms with E-state index in [2.05, 4.69) is 4.98 Å². The first-order chi connectivity index (χ1) is 6.59. The second kappa shape index (κ2) is 4.57. The molecule has 0 saturated heterocycles. The highest BCUT2D eigenvalue weighted by Gasteiger charge is 2.11. The molecule has 3 N–H and O–H groups in total. The van der Waals surface area contributed by atoms with Gasteiger partial charge >= 0.3 is 5.97 Å². The number of aryl methyl sites for hydroxylation is 1. The molecule has 1 heterocycles. The molecule has 0 bridgehead atoms. The summed E-state index contributed by atoms with van der Waals surface area (Å²) in [7, 11) is 0. The number of carbonyl (C=O) groups is 1. The summed E-state index contributed by atoms with van der Waals surface area (Å²) in [6.07, 6.45) is 1.53. The minimum Gasteiger partial charge on any atom is -0.490 e. The Balaban J connectivity index is 2.46. The Hall–Kier alpha value is -1.62. The molecule has 5 heteroatoms. The summed E-state index contributed by atoms with van der Waals surface area (Å²) in [4.78, 5) is 14.3. The molecule has 1 aromatic heterocycles. The number of rotatable bonds is 4. The number of carboxylic acids is 1. The van der Waals surface area contributed by atoms with Gasteiger partial charge in [0.1, 0.15) is 18.4 Å². The van der Waals surface area contributed by atoms with Crippen LogP contribution in [0.15, 0.2) is 18.3 Å². The van der Waals surface area contributed by atoms with Crippen molar-refractivity contribution in [2.45, 2.75) is 13.0 Å². The summed E-state index contributed by atoms with van der Waals surface area (Å²) in [5.74, 6) is -0.558. The van der Waals surface area contributed by atoms with Crippen LogP contribution in [0.2, 0.25) is 0 Å². The molecule has 1 aromatic rings. The van der Waals surface area contributed by atoms with E-state index in [1.165, 1.54) is 6.20 Å². The van der Waals surface area contributed by atoms with E-state index in [1.807, 2.05) is 6.92 Å². The fourth-order valence-corrected chi connectivity index (χ4v) is 0.797. The Labute approximate surface area is 81.5 Å². The molecule has 0 aliphatic heterocycles. The van der Waals surface area contributed by atoms with Gasteiger partial charge in [0.15, 0.2) is 0 Å². The van der Waals surface area contributed by atoms with Crippen molar-refractivity contribution >= 4 is 5.97 Å². The van der Waals surface area contributed by atoms with E-state index in [0.29, 0.717) is 5.75 Å². The largest absolute Gasteiger partial charge is 0.490 e. The standard InChI is InChI=1S/C9H12N2O3/c1-6-2-3-7(4-11-6)14-5-8(10)9(12)13/h2-4,8H,5,10H2,1H3,(H,12,13). The molecule has 1 unspecified atom stereocenters. The van der Waals surface area contributed by atoms with Crippen molar-refractivity contribution in [2.24, 2.45) is 5.73 Å². The van der Waals surface area contributed by atoms with Crippen LogP contribution in [0.4, 0.5) is 0 Å². The van der Waals surface area contributed by atoms with Gasteiger partial charge in [0.25, 0.3) is 0 Å². The zero-order valence-corrected chi connectivity index (χ0v) is 7.80. The monoisotopic (exact) mass is 196 g/mol. The molecule has 0 radical (unpaired) electrons. The van der Waals surface area contributed by atoms with Gasteiger partial charge in [-0.25, -0.2) is 0 Å². The molecule has 0 amide bonds. The van der Waals surface area contributed by atoms with E-state index in [0.717, 1.165) is 5.69 Å². The lowest BCUT2D eigenvalue weighted by atomic mass is 10.3. The van der Waals surface area contributed by atoms with Crippen LogP contribution in [0, 0.1) is 6.92 Å². The van der Waals surface area contributed by atoms with E-state index < -0.39 is 12.0 Å². The predicted octanol–water partition coefficient (Wildman–Crippen LogP) is 0.181. The molecular formula is C9H12N2O3. The second-order valence-corrected chi connectivity index (χ2v) is 2.89.